The minimum Gasteiger partial charge on any atom is -0.508 e. The van der Waals surface area contributed by atoms with Gasteiger partial charge >= 0.3 is 0 Å². The highest BCUT2D eigenvalue weighted by Gasteiger charge is 2.21. The molecule has 0 aromatic heterocycles. The maximum Gasteiger partial charge on any atom is 0.296 e. The zero-order valence-corrected chi connectivity index (χ0v) is 12.5. The first-order chi connectivity index (χ1) is 9.86. The van der Waals surface area contributed by atoms with Gasteiger partial charge in [0, 0.05) is 10.6 Å². The number of aliphatic hydroxyl groups is 1. The fourth-order valence-corrected chi connectivity index (χ4v) is 3.01. The van der Waals surface area contributed by atoms with Crippen molar-refractivity contribution in [2.45, 2.75) is 16.1 Å². The molecule has 0 aliphatic rings. The van der Waals surface area contributed by atoms with Crippen molar-refractivity contribution in [3.63, 3.8) is 0 Å². The maximum absolute atomic E-state index is 10.8. The number of thioether (sulfide) groups is 1. The average Bonchev–Trinajstić information content (AvgIpc) is 2.45. The number of phenols is 1. The SMILES string of the molecule is O=S(=O)(O)C(O)c1ccc(CSc2ccc(O)cc2)cc1. The predicted octanol–water partition coefficient (Wildman–Crippen LogP) is 2.56. The molecule has 0 fully saturated rings. The molecule has 3 N–H and O–H groups in total. The summed E-state index contributed by atoms with van der Waals surface area (Å²) in [4.78, 5) is 0.995. The van der Waals surface area contributed by atoms with E-state index in [1.54, 1.807) is 48.2 Å². The van der Waals surface area contributed by atoms with E-state index in [4.69, 9.17) is 4.55 Å². The molecule has 0 aliphatic heterocycles. The van der Waals surface area contributed by atoms with E-state index in [0.29, 0.717) is 5.75 Å². The van der Waals surface area contributed by atoms with E-state index in [-0.39, 0.29) is 11.3 Å². The van der Waals surface area contributed by atoms with Gasteiger partial charge in [-0.15, -0.1) is 11.8 Å². The standard InChI is InChI=1S/C14H14O5S2/c15-12-5-7-13(8-6-12)20-9-10-1-3-11(4-2-10)14(16)21(17,18)19/h1-8,14-16H,9H2,(H,17,18,19). The third-order valence-electron chi connectivity index (χ3n) is 2.79. The van der Waals surface area contributed by atoms with Gasteiger partial charge in [-0.3, -0.25) is 4.55 Å². The molecule has 1 unspecified atom stereocenters. The minimum atomic E-state index is -4.50. The van der Waals surface area contributed by atoms with Crippen molar-refractivity contribution >= 4 is 21.9 Å². The van der Waals surface area contributed by atoms with Gasteiger partial charge in [0.15, 0.2) is 0 Å². The van der Waals surface area contributed by atoms with Crippen molar-refractivity contribution in [3.8, 4) is 5.75 Å². The lowest BCUT2D eigenvalue weighted by Crippen LogP contribution is -2.11. The molecule has 0 spiro atoms. The molecule has 0 aliphatic carbocycles. The van der Waals surface area contributed by atoms with Crippen LogP contribution in [0, 0.1) is 0 Å². The molecule has 1 atom stereocenters. The molecule has 5 nitrogen and oxygen atoms in total. The van der Waals surface area contributed by atoms with E-state index < -0.39 is 15.6 Å². The Balaban J connectivity index is 2.01. The summed E-state index contributed by atoms with van der Waals surface area (Å²) in [6.45, 7) is 0. The van der Waals surface area contributed by atoms with Crippen LogP contribution in [0.2, 0.25) is 0 Å². The van der Waals surface area contributed by atoms with Gasteiger partial charge in [0.25, 0.3) is 10.1 Å². The molecule has 21 heavy (non-hydrogen) atoms. The quantitative estimate of drug-likeness (QED) is 0.577. The molecule has 112 valence electrons. The number of aliphatic hydroxyl groups excluding tert-OH is 1. The molecule has 2 aromatic carbocycles. The summed E-state index contributed by atoms with van der Waals surface area (Å²) in [5, 5.41) is 18.6. The Bertz CT molecular complexity index is 693. The van der Waals surface area contributed by atoms with E-state index in [1.165, 1.54) is 12.1 Å². The molecule has 2 aromatic rings. The normalized spacial score (nSPS) is 13.0. The molecule has 2 rings (SSSR count). The van der Waals surface area contributed by atoms with Crippen LogP contribution in [0.15, 0.2) is 53.4 Å². The van der Waals surface area contributed by atoms with Crippen LogP contribution >= 0.6 is 11.8 Å². The van der Waals surface area contributed by atoms with Crippen LogP contribution in [0.3, 0.4) is 0 Å². The summed E-state index contributed by atoms with van der Waals surface area (Å²) >= 11 is 1.56. The Labute approximate surface area is 127 Å². The summed E-state index contributed by atoms with van der Waals surface area (Å²) in [7, 11) is -4.50. The summed E-state index contributed by atoms with van der Waals surface area (Å²) in [6, 6.07) is 13.1. The molecule has 0 saturated carbocycles. The fraction of sp³-hybridized carbons (Fsp3) is 0.143. The van der Waals surface area contributed by atoms with Crippen molar-refractivity contribution in [1.29, 1.82) is 0 Å². The summed E-state index contributed by atoms with van der Waals surface area (Å²) in [5.41, 5.74) is -0.855. The van der Waals surface area contributed by atoms with Crippen molar-refractivity contribution < 1.29 is 23.2 Å². The summed E-state index contributed by atoms with van der Waals surface area (Å²) in [5.74, 6) is 0.871. The van der Waals surface area contributed by atoms with Gasteiger partial charge in [0.2, 0.25) is 5.44 Å². The first kappa shape index (κ1) is 15.8. The minimum absolute atomic E-state index is 0.121. The van der Waals surface area contributed by atoms with Gasteiger partial charge in [-0.2, -0.15) is 8.42 Å². The lowest BCUT2D eigenvalue weighted by atomic mass is 10.2. The Morgan fingerprint density at radius 2 is 1.57 bits per heavy atom. The van der Waals surface area contributed by atoms with E-state index in [1.807, 2.05) is 0 Å². The van der Waals surface area contributed by atoms with Crippen LogP contribution in [0.25, 0.3) is 0 Å². The zero-order valence-electron chi connectivity index (χ0n) is 10.9. The van der Waals surface area contributed by atoms with Gasteiger partial charge in [0.05, 0.1) is 0 Å². The summed E-state index contributed by atoms with van der Waals surface area (Å²) < 4.78 is 30.5. The van der Waals surface area contributed by atoms with E-state index in [9.17, 15) is 18.6 Å². The molecule has 7 heteroatoms. The summed E-state index contributed by atoms with van der Waals surface area (Å²) in [6.07, 6.45) is 0. The largest absolute Gasteiger partial charge is 0.508 e. The topological polar surface area (TPSA) is 94.8 Å². The van der Waals surface area contributed by atoms with Gasteiger partial charge in [0.1, 0.15) is 5.75 Å². The highest BCUT2D eigenvalue weighted by Crippen LogP contribution is 2.25. The lowest BCUT2D eigenvalue weighted by Gasteiger charge is -2.08. The van der Waals surface area contributed by atoms with Crippen molar-refractivity contribution in [2.24, 2.45) is 0 Å². The molecule has 0 heterocycles. The third kappa shape index (κ3) is 4.47. The van der Waals surface area contributed by atoms with Gasteiger partial charge in [-0.1, -0.05) is 24.3 Å². The second-order valence-corrected chi connectivity index (χ2v) is 6.92. The monoisotopic (exact) mass is 326 g/mol. The number of aromatic hydroxyl groups is 1. The third-order valence-corrected chi connectivity index (χ3v) is 4.71. The maximum atomic E-state index is 10.8. The Hall–Kier alpha value is -1.54. The number of phenolic OH excluding ortho intramolecular Hbond substituents is 1. The van der Waals surface area contributed by atoms with Crippen LogP contribution in [-0.2, 0) is 15.9 Å². The highest BCUT2D eigenvalue weighted by molar-refractivity contribution is 7.98. The lowest BCUT2D eigenvalue weighted by molar-refractivity contribution is 0.238. The number of rotatable bonds is 5. The van der Waals surface area contributed by atoms with Crippen LogP contribution < -0.4 is 0 Å². The second kappa shape index (κ2) is 6.48. The Morgan fingerprint density at radius 3 is 2.10 bits per heavy atom. The van der Waals surface area contributed by atoms with Gasteiger partial charge in [-0.25, -0.2) is 0 Å². The van der Waals surface area contributed by atoms with E-state index in [2.05, 4.69) is 0 Å². The van der Waals surface area contributed by atoms with E-state index >= 15 is 0 Å². The second-order valence-electron chi connectivity index (χ2n) is 4.39. The van der Waals surface area contributed by atoms with Gasteiger partial charge < -0.3 is 10.2 Å². The highest BCUT2D eigenvalue weighted by atomic mass is 32.2. The Kier molecular flexibility index (Phi) is 4.89. The molecule has 0 bridgehead atoms. The first-order valence-corrected chi connectivity index (χ1v) is 8.50. The van der Waals surface area contributed by atoms with E-state index in [0.717, 1.165) is 10.5 Å². The van der Waals surface area contributed by atoms with Crippen LogP contribution in [0.4, 0.5) is 0 Å². The van der Waals surface area contributed by atoms with Crippen molar-refractivity contribution in [3.05, 3.63) is 59.7 Å². The average molecular weight is 326 g/mol. The first-order valence-electron chi connectivity index (χ1n) is 6.01. The van der Waals surface area contributed by atoms with Crippen LogP contribution in [0.1, 0.15) is 16.6 Å². The molecular weight excluding hydrogens is 312 g/mol. The number of hydrogen-bond donors (Lipinski definition) is 3. The predicted molar refractivity (Wildman–Crippen MR) is 80.6 cm³/mol. The van der Waals surface area contributed by atoms with Crippen molar-refractivity contribution in [1.82, 2.24) is 0 Å². The van der Waals surface area contributed by atoms with Crippen LogP contribution in [0.5, 0.6) is 5.75 Å². The Morgan fingerprint density at radius 1 is 1.00 bits per heavy atom. The molecule has 0 amide bonds. The van der Waals surface area contributed by atoms with Gasteiger partial charge in [-0.05, 0) is 35.4 Å². The number of hydrogen-bond acceptors (Lipinski definition) is 5. The zero-order chi connectivity index (χ0) is 15.5. The van der Waals surface area contributed by atoms with Crippen LogP contribution in [-0.4, -0.2) is 23.2 Å². The smallest absolute Gasteiger partial charge is 0.296 e. The molecular formula is C14H14O5S2. The molecule has 0 saturated heterocycles. The molecule has 0 radical (unpaired) electrons. The van der Waals surface area contributed by atoms with Crippen molar-refractivity contribution in [2.75, 3.05) is 0 Å². The fourth-order valence-electron chi connectivity index (χ4n) is 1.66. The number of benzene rings is 2.